The number of hydrogen-bond donors (Lipinski definition) is 2. The molecular formula is C31H38N2O6. The van der Waals surface area contributed by atoms with E-state index in [-0.39, 0.29) is 18.5 Å². The number of para-hydroxylation sites is 1. The summed E-state index contributed by atoms with van der Waals surface area (Å²) in [5.41, 5.74) is 1.80. The van der Waals surface area contributed by atoms with Crippen molar-refractivity contribution in [1.29, 1.82) is 0 Å². The Morgan fingerprint density at radius 2 is 1.77 bits per heavy atom. The van der Waals surface area contributed by atoms with Crippen LogP contribution in [0.3, 0.4) is 0 Å². The first-order valence-corrected chi connectivity index (χ1v) is 14.0. The summed E-state index contributed by atoms with van der Waals surface area (Å²) in [6.07, 6.45) is 5.58. The zero-order valence-electron chi connectivity index (χ0n) is 22.6. The van der Waals surface area contributed by atoms with Crippen LogP contribution in [0, 0.1) is 11.3 Å². The van der Waals surface area contributed by atoms with Crippen molar-refractivity contribution in [1.82, 2.24) is 5.32 Å². The van der Waals surface area contributed by atoms with Crippen LogP contribution in [0.25, 0.3) is 0 Å². The van der Waals surface area contributed by atoms with Gasteiger partial charge in [-0.15, -0.1) is 0 Å². The summed E-state index contributed by atoms with van der Waals surface area (Å²) < 4.78 is 5.41. The van der Waals surface area contributed by atoms with Crippen molar-refractivity contribution < 1.29 is 29.0 Å². The van der Waals surface area contributed by atoms with Crippen molar-refractivity contribution in [2.24, 2.45) is 11.3 Å². The first-order valence-electron chi connectivity index (χ1n) is 14.0. The summed E-state index contributed by atoms with van der Waals surface area (Å²) in [7, 11) is 0. The molecule has 0 bridgehead atoms. The number of fused-ring (bicyclic) bond motifs is 1. The molecule has 2 N–H and O–H groups in total. The van der Waals surface area contributed by atoms with Gasteiger partial charge in [-0.1, -0.05) is 61.4 Å². The van der Waals surface area contributed by atoms with E-state index in [4.69, 9.17) is 4.74 Å². The van der Waals surface area contributed by atoms with Crippen molar-refractivity contribution in [3.05, 3.63) is 65.7 Å². The van der Waals surface area contributed by atoms with Crippen LogP contribution in [0.4, 0.5) is 5.69 Å². The molecule has 2 atom stereocenters. The number of carboxylic acid groups (broad SMARTS) is 1. The Labute approximate surface area is 229 Å². The number of rotatable bonds is 11. The van der Waals surface area contributed by atoms with Crippen molar-refractivity contribution in [3.8, 4) is 0 Å². The molecule has 0 spiro atoms. The highest BCUT2D eigenvalue weighted by Gasteiger charge is 2.46. The smallest absolute Gasteiger partial charge is 0.323 e. The van der Waals surface area contributed by atoms with E-state index < -0.39 is 35.8 Å². The average Bonchev–Trinajstić information content (AvgIpc) is 3.38. The van der Waals surface area contributed by atoms with E-state index in [0.29, 0.717) is 50.6 Å². The Hall–Kier alpha value is -3.68. The molecule has 1 fully saturated rings. The lowest BCUT2D eigenvalue weighted by molar-refractivity contribution is -0.150. The van der Waals surface area contributed by atoms with E-state index in [9.17, 15) is 24.3 Å². The molecule has 0 unspecified atom stereocenters. The minimum atomic E-state index is -1.12. The van der Waals surface area contributed by atoms with Crippen LogP contribution in [-0.4, -0.2) is 48.1 Å². The molecule has 1 aliphatic heterocycles. The number of nitrogens with zero attached hydrogens (tertiary/aromatic N) is 1. The van der Waals surface area contributed by atoms with Crippen LogP contribution in [0.15, 0.2) is 54.6 Å². The van der Waals surface area contributed by atoms with Crippen LogP contribution < -0.4 is 10.2 Å². The van der Waals surface area contributed by atoms with Gasteiger partial charge in [-0.3, -0.25) is 24.1 Å². The van der Waals surface area contributed by atoms with Gasteiger partial charge in [0.2, 0.25) is 11.8 Å². The predicted octanol–water partition coefficient (Wildman–Crippen LogP) is 4.30. The summed E-state index contributed by atoms with van der Waals surface area (Å²) in [5, 5.41) is 12.5. The monoisotopic (exact) mass is 534 g/mol. The van der Waals surface area contributed by atoms with Gasteiger partial charge in [-0.2, -0.15) is 0 Å². The molecule has 2 aromatic carbocycles. The van der Waals surface area contributed by atoms with Crippen molar-refractivity contribution >= 4 is 29.4 Å². The van der Waals surface area contributed by atoms with Gasteiger partial charge in [0.15, 0.2) is 0 Å². The van der Waals surface area contributed by atoms with Gasteiger partial charge in [-0.05, 0) is 69.1 Å². The average molecular weight is 535 g/mol. The van der Waals surface area contributed by atoms with E-state index in [0.717, 1.165) is 24.0 Å². The predicted molar refractivity (Wildman–Crippen MR) is 147 cm³/mol. The summed E-state index contributed by atoms with van der Waals surface area (Å²) in [6.45, 7) is 1.58. The normalized spacial score (nSPS) is 19.1. The van der Waals surface area contributed by atoms with E-state index in [1.54, 1.807) is 19.1 Å². The summed E-state index contributed by atoms with van der Waals surface area (Å²) in [4.78, 5) is 53.4. The number of carboxylic acids is 1. The summed E-state index contributed by atoms with van der Waals surface area (Å²) >= 11 is 0. The van der Waals surface area contributed by atoms with Gasteiger partial charge in [-0.25, -0.2) is 0 Å². The third-order valence-corrected chi connectivity index (χ3v) is 8.07. The lowest BCUT2D eigenvalue weighted by atomic mass is 9.75. The molecule has 1 saturated carbocycles. The Morgan fingerprint density at radius 1 is 1.08 bits per heavy atom. The number of aryl methyl sites for hydroxylation is 2. The SMILES string of the molecule is CCOC(=O)[C@H](CCc1ccccc1)CC1(C(=O)N[C@@H]2CCc3ccccc3N(CC(=O)O)C2=O)CCCC1. The number of carbonyl (C=O) groups excluding carboxylic acids is 3. The fraction of sp³-hybridized carbons (Fsp3) is 0.484. The van der Waals surface area contributed by atoms with Gasteiger partial charge in [0, 0.05) is 5.69 Å². The van der Waals surface area contributed by atoms with Crippen molar-refractivity contribution in [2.45, 2.75) is 70.8 Å². The molecule has 0 saturated heterocycles. The molecule has 2 aliphatic rings. The van der Waals surface area contributed by atoms with Gasteiger partial charge in [0.1, 0.15) is 12.6 Å². The standard InChI is InChI=1S/C31H38N2O6/c1-2-39-29(37)24(15-14-22-10-4-3-5-11-22)20-31(18-8-9-19-31)30(38)32-25-17-16-23-12-6-7-13-26(23)33(28(25)36)21-27(34)35/h3-7,10-13,24-25H,2,8-9,14-21H2,1H3,(H,32,38)(H,34,35)/t24-,25-/m1/s1. The largest absolute Gasteiger partial charge is 0.480 e. The molecule has 1 heterocycles. The highest BCUT2D eigenvalue weighted by molar-refractivity contribution is 6.03. The quantitative estimate of drug-likeness (QED) is 0.416. The number of aliphatic carboxylic acids is 1. The topological polar surface area (TPSA) is 113 Å². The molecule has 0 radical (unpaired) electrons. The number of hydrogen-bond acceptors (Lipinski definition) is 5. The number of anilines is 1. The van der Waals surface area contributed by atoms with E-state index in [1.807, 2.05) is 42.5 Å². The lowest BCUT2D eigenvalue weighted by Gasteiger charge is -2.33. The number of esters is 1. The van der Waals surface area contributed by atoms with Gasteiger partial charge in [0.05, 0.1) is 17.9 Å². The van der Waals surface area contributed by atoms with Crippen LogP contribution in [-0.2, 0) is 36.8 Å². The van der Waals surface area contributed by atoms with Gasteiger partial charge >= 0.3 is 11.9 Å². The lowest BCUT2D eigenvalue weighted by Crippen LogP contribution is -2.53. The summed E-state index contributed by atoms with van der Waals surface area (Å²) in [6, 6.07) is 16.4. The highest BCUT2D eigenvalue weighted by Crippen LogP contribution is 2.45. The molecule has 0 aromatic heterocycles. The second-order valence-electron chi connectivity index (χ2n) is 10.7. The molecule has 39 heavy (non-hydrogen) atoms. The Kier molecular flexibility index (Phi) is 9.38. The minimum absolute atomic E-state index is 0.228. The maximum atomic E-state index is 13.9. The molecule has 2 amide bonds. The molecule has 4 rings (SSSR count). The van der Waals surface area contributed by atoms with E-state index in [2.05, 4.69) is 5.32 Å². The number of amides is 2. The third kappa shape index (κ3) is 6.85. The van der Waals surface area contributed by atoms with Crippen LogP contribution in [0.5, 0.6) is 0 Å². The molecule has 2 aromatic rings. The second kappa shape index (κ2) is 12.9. The maximum absolute atomic E-state index is 13.9. The minimum Gasteiger partial charge on any atom is -0.480 e. The van der Waals surface area contributed by atoms with Gasteiger partial charge in [0.25, 0.3) is 0 Å². The number of benzene rings is 2. The van der Waals surface area contributed by atoms with Crippen LogP contribution in [0.2, 0.25) is 0 Å². The molecular weight excluding hydrogens is 496 g/mol. The van der Waals surface area contributed by atoms with Crippen LogP contribution >= 0.6 is 0 Å². The Balaban J connectivity index is 1.53. The van der Waals surface area contributed by atoms with Gasteiger partial charge < -0.3 is 15.2 Å². The Bertz CT molecular complexity index is 1170. The van der Waals surface area contributed by atoms with Crippen molar-refractivity contribution in [3.63, 3.8) is 0 Å². The van der Waals surface area contributed by atoms with Crippen molar-refractivity contribution in [2.75, 3.05) is 18.1 Å². The third-order valence-electron chi connectivity index (χ3n) is 8.07. The molecule has 8 nitrogen and oxygen atoms in total. The summed E-state index contributed by atoms with van der Waals surface area (Å²) in [5.74, 6) is -2.50. The molecule has 208 valence electrons. The molecule has 8 heteroatoms. The zero-order valence-corrected chi connectivity index (χ0v) is 22.6. The fourth-order valence-electron chi connectivity index (χ4n) is 6.06. The second-order valence-corrected chi connectivity index (χ2v) is 10.7. The van der Waals surface area contributed by atoms with Crippen LogP contribution in [0.1, 0.15) is 63.0 Å². The number of nitrogens with one attached hydrogen (secondary N) is 1. The number of ether oxygens (including phenoxy) is 1. The number of carbonyl (C=O) groups is 4. The zero-order chi connectivity index (χ0) is 27.8. The molecule has 1 aliphatic carbocycles. The first kappa shape index (κ1) is 28.3. The fourth-order valence-corrected chi connectivity index (χ4v) is 6.06. The van der Waals surface area contributed by atoms with E-state index in [1.165, 1.54) is 4.90 Å². The Morgan fingerprint density at radius 3 is 2.46 bits per heavy atom. The maximum Gasteiger partial charge on any atom is 0.323 e. The first-order chi connectivity index (χ1) is 18.8. The van der Waals surface area contributed by atoms with E-state index >= 15 is 0 Å². The highest BCUT2D eigenvalue weighted by atomic mass is 16.5.